The molecule has 0 saturated carbocycles. The van der Waals surface area contributed by atoms with Gasteiger partial charge in [0, 0.05) is 0 Å². The second kappa shape index (κ2) is 5.59. The summed E-state index contributed by atoms with van der Waals surface area (Å²) >= 11 is 1.20. The molecule has 21 heavy (non-hydrogen) atoms. The summed E-state index contributed by atoms with van der Waals surface area (Å²) in [4.78, 5) is 24.0. The highest BCUT2D eigenvalue weighted by Gasteiger charge is 2.39. The molecule has 1 aliphatic rings. The van der Waals surface area contributed by atoms with Gasteiger partial charge in [-0.05, 0) is 24.6 Å². The number of thioether (sulfide) groups is 1. The predicted molar refractivity (Wildman–Crippen MR) is 70.6 cm³/mol. The highest BCUT2D eigenvalue weighted by Crippen LogP contribution is 2.40. The third-order valence-electron chi connectivity index (χ3n) is 3.20. The van der Waals surface area contributed by atoms with E-state index in [-0.39, 0.29) is 11.7 Å². The highest BCUT2D eigenvalue weighted by molar-refractivity contribution is 8.00. The van der Waals surface area contributed by atoms with Gasteiger partial charge in [-0.15, -0.1) is 11.8 Å². The van der Waals surface area contributed by atoms with Crippen LogP contribution in [0.1, 0.15) is 23.4 Å². The Morgan fingerprint density at radius 2 is 1.95 bits per heavy atom. The molecule has 4 nitrogen and oxygen atoms in total. The van der Waals surface area contributed by atoms with Gasteiger partial charge in [-0.25, -0.2) is 4.79 Å². The van der Waals surface area contributed by atoms with Crippen molar-refractivity contribution in [2.45, 2.75) is 24.5 Å². The van der Waals surface area contributed by atoms with Crippen LogP contribution in [0.2, 0.25) is 0 Å². The van der Waals surface area contributed by atoms with Crippen molar-refractivity contribution in [1.29, 1.82) is 0 Å². The van der Waals surface area contributed by atoms with Crippen LogP contribution in [0.4, 0.5) is 13.2 Å². The van der Waals surface area contributed by atoms with E-state index in [0.29, 0.717) is 5.56 Å². The first-order chi connectivity index (χ1) is 9.71. The van der Waals surface area contributed by atoms with Gasteiger partial charge in [0.1, 0.15) is 11.4 Å². The number of rotatable bonds is 3. The fraction of sp³-hybridized carbons (Fsp3) is 0.385. The number of hydrogen-bond donors (Lipinski definition) is 1. The van der Waals surface area contributed by atoms with Gasteiger partial charge in [0.2, 0.25) is 5.91 Å². The summed E-state index contributed by atoms with van der Waals surface area (Å²) < 4.78 is 37.6. The zero-order valence-electron chi connectivity index (χ0n) is 10.9. The molecule has 1 saturated heterocycles. The van der Waals surface area contributed by atoms with Crippen molar-refractivity contribution in [2.75, 3.05) is 5.75 Å². The van der Waals surface area contributed by atoms with Crippen molar-refractivity contribution in [2.24, 2.45) is 0 Å². The lowest BCUT2D eigenvalue weighted by atomic mass is 10.1. The van der Waals surface area contributed by atoms with E-state index in [9.17, 15) is 22.8 Å². The molecule has 2 atom stereocenters. The number of carboxylic acid groups (broad SMARTS) is 1. The van der Waals surface area contributed by atoms with E-state index < -0.39 is 29.1 Å². The average molecular weight is 319 g/mol. The van der Waals surface area contributed by atoms with Crippen molar-refractivity contribution in [1.82, 2.24) is 4.90 Å². The molecule has 1 aliphatic heterocycles. The van der Waals surface area contributed by atoms with E-state index in [1.807, 2.05) is 0 Å². The summed E-state index contributed by atoms with van der Waals surface area (Å²) in [5.74, 6) is -1.37. The number of halogens is 3. The number of carbonyl (C=O) groups excluding carboxylic acids is 1. The summed E-state index contributed by atoms with van der Waals surface area (Å²) in [6.45, 7) is 1.38. The van der Waals surface area contributed by atoms with Gasteiger partial charge < -0.3 is 10.0 Å². The lowest BCUT2D eigenvalue weighted by Crippen LogP contribution is -2.41. The van der Waals surface area contributed by atoms with Crippen LogP contribution in [0.3, 0.4) is 0 Å². The summed E-state index contributed by atoms with van der Waals surface area (Å²) in [5.41, 5.74) is -0.301. The van der Waals surface area contributed by atoms with E-state index in [1.54, 1.807) is 0 Å². The number of carboxylic acids is 1. The van der Waals surface area contributed by atoms with E-state index in [1.165, 1.54) is 35.7 Å². The maximum absolute atomic E-state index is 12.5. The Labute approximate surface area is 122 Å². The number of aliphatic carboxylic acids is 1. The number of benzene rings is 1. The lowest BCUT2D eigenvalue weighted by Gasteiger charge is -2.27. The average Bonchev–Trinajstić information content (AvgIpc) is 2.78. The second-order valence-corrected chi connectivity index (χ2v) is 5.67. The van der Waals surface area contributed by atoms with Crippen LogP contribution in [-0.2, 0) is 15.8 Å². The quantitative estimate of drug-likeness (QED) is 0.931. The first kappa shape index (κ1) is 15.7. The standard InChI is InChI=1S/C13H12F3NO3S/c1-7(12(19)20)17-10(18)6-21-11(17)8-2-4-9(5-3-8)13(14,15)16/h2-5,7,11H,6H2,1H3,(H,19,20)/t7-,11+/m0/s1. The monoisotopic (exact) mass is 319 g/mol. The van der Waals surface area contributed by atoms with Crippen LogP contribution in [0.25, 0.3) is 0 Å². The van der Waals surface area contributed by atoms with E-state index in [2.05, 4.69) is 0 Å². The van der Waals surface area contributed by atoms with Crippen LogP contribution in [0.5, 0.6) is 0 Å². The molecule has 0 radical (unpaired) electrons. The summed E-state index contributed by atoms with van der Waals surface area (Å²) in [7, 11) is 0. The van der Waals surface area contributed by atoms with Gasteiger partial charge in [0.15, 0.2) is 0 Å². The highest BCUT2D eigenvalue weighted by atomic mass is 32.2. The molecule has 114 valence electrons. The molecule has 0 aromatic heterocycles. The first-order valence-electron chi connectivity index (χ1n) is 6.04. The Morgan fingerprint density at radius 3 is 2.43 bits per heavy atom. The largest absolute Gasteiger partial charge is 0.480 e. The van der Waals surface area contributed by atoms with Gasteiger partial charge in [-0.2, -0.15) is 13.2 Å². The maximum atomic E-state index is 12.5. The number of amides is 1. The molecule has 1 aromatic rings. The summed E-state index contributed by atoms with van der Waals surface area (Å²) in [5, 5.41) is 8.45. The minimum Gasteiger partial charge on any atom is -0.480 e. The topological polar surface area (TPSA) is 57.6 Å². The molecule has 1 fully saturated rings. The number of hydrogen-bond acceptors (Lipinski definition) is 3. The SMILES string of the molecule is C[C@@H](C(=O)O)N1C(=O)CS[C@@H]1c1ccc(C(F)(F)F)cc1. The second-order valence-electron chi connectivity index (χ2n) is 4.60. The first-order valence-corrected chi connectivity index (χ1v) is 7.09. The third kappa shape index (κ3) is 3.15. The molecule has 0 aliphatic carbocycles. The summed E-state index contributed by atoms with van der Waals surface area (Å²) in [6, 6.07) is 3.39. The van der Waals surface area contributed by atoms with Crippen LogP contribution < -0.4 is 0 Å². The molecule has 0 spiro atoms. The zero-order valence-corrected chi connectivity index (χ0v) is 11.7. The van der Waals surface area contributed by atoms with E-state index in [4.69, 9.17) is 5.11 Å². The molecular formula is C13H12F3NO3S. The molecular weight excluding hydrogens is 307 g/mol. The minimum atomic E-state index is -4.43. The van der Waals surface area contributed by atoms with Crippen LogP contribution in [-0.4, -0.2) is 33.7 Å². The Morgan fingerprint density at radius 1 is 1.38 bits per heavy atom. The number of alkyl halides is 3. The molecule has 1 amide bonds. The van der Waals surface area contributed by atoms with Crippen molar-refractivity contribution < 1.29 is 27.9 Å². The molecule has 8 heteroatoms. The molecule has 1 aromatic carbocycles. The minimum absolute atomic E-state index is 0.114. The van der Waals surface area contributed by atoms with Crippen molar-refractivity contribution in [3.8, 4) is 0 Å². The van der Waals surface area contributed by atoms with Gasteiger partial charge in [0.25, 0.3) is 0 Å². The van der Waals surface area contributed by atoms with Crippen molar-refractivity contribution in [3.05, 3.63) is 35.4 Å². The van der Waals surface area contributed by atoms with Gasteiger partial charge in [-0.3, -0.25) is 4.79 Å². The van der Waals surface area contributed by atoms with Gasteiger partial charge in [0.05, 0.1) is 11.3 Å². The summed E-state index contributed by atoms with van der Waals surface area (Å²) in [6.07, 6.45) is -4.43. The fourth-order valence-electron chi connectivity index (χ4n) is 2.07. The number of nitrogens with zero attached hydrogens (tertiary/aromatic N) is 1. The molecule has 1 heterocycles. The molecule has 2 rings (SSSR count). The Bertz CT molecular complexity index is 559. The molecule has 0 unspecified atom stereocenters. The zero-order chi connectivity index (χ0) is 15.8. The molecule has 1 N–H and O–H groups in total. The van der Waals surface area contributed by atoms with Crippen LogP contribution >= 0.6 is 11.8 Å². The molecule has 0 bridgehead atoms. The van der Waals surface area contributed by atoms with Crippen LogP contribution in [0.15, 0.2) is 24.3 Å². The normalized spacial score (nSPS) is 20.7. The van der Waals surface area contributed by atoms with Crippen LogP contribution in [0, 0.1) is 0 Å². The van der Waals surface area contributed by atoms with E-state index in [0.717, 1.165) is 12.1 Å². The Kier molecular flexibility index (Phi) is 4.18. The van der Waals surface area contributed by atoms with Crippen molar-refractivity contribution >= 4 is 23.6 Å². The number of carbonyl (C=O) groups is 2. The Hall–Kier alpha value is -1.70. The predicted octanol–water partition coefficient (Wildman–Crippen LogP) is 2.75. The van der Waals surface area contributed by atoms with E-state index >= 15 is 0 Å². The lowest BCUT2D eigenvalue weighted by molar-refractivity contribution is -0.148. The van der Waals surface area contributed by atoms with Gasteiger partial charge >= 0.3 is 12.1 Å². The smallest absolute Gasteiger partial charge is 0.416 e. The fourth-order valence-corrected chi connectivity index (χ4v) is 3.33. The van der Waals surface area contributed by atoms with Gasteiger partial charge in [-0.1, -0.05) is 12.1 Å². The third-order valence-corrected chi connectivity index (χ3v) is 4.43. The van der Waals surface area contributed by atoms with Crippen molar-refractivity contribution in [3.63, 3.8) is 0 Å². The Balaban J connectivity index is 2.28. The maximum Gasteiger partial charge on any atom is 0.416 e.